The van der Waals surface area contributed by atoms with E-state index in [1.165, 1.54) is 16.4 Å². The van der Waals surface area contributed by atoms with Crippen LogP contribution in [-0.2, 0) is 26.2 Å². The molecule has 0 radical (unpaired) electrons. The molecule has 2 aliphatic carbocycles. The first-order valence-corrected chi connectivity index (χ1v) is 26.7. The molecule has 14 nitrogen and oxygen atoms in total. The van der Waals surface area contributed by atoms with Gasteiger partial charge in [0, 0.05) is 61.4 Å². The standard InChI is InChI=1S/C58H62N4O10S/c1-3-32-61(73(67,68)53-20-12-17-43-18-13-31-59-57(43)53)54-38-51(60-70-39-40-21-25-45(26-22-40)62(65)66)49-36-44(16-8-10-33-63)48(19-9-11-34-64)55-50-37-47(29-30-52(50)72-58(54,56(49)55)69-35-4-2)71-46-27-23-42(24-28-46)41-14-6-5-7-15-41/h4-7,12-15,17-18,20-31,36-37,44,48,54-56,63-64H,2-3,8-11,16,19,32-35,38-39H2,1H3. The molecule has 0 saturated heterocycles. The average Bonchev–Trinajstić information content (AvgIpc) is 3.41. The van der Waals surface area contributed by atoms with Crippen LogP contribution in [0.25, 0.3) is 22.0 Å². The van der Waals surface area contributed by atoms with Crippen LogP contribution in [0.4, 0.5) is 5.69 Å². The zero-order valence-electron chi connectivity index (χ0n) is 41.0. The van der Waals surface area contributed by atoms with Crippen LogP contribution in [0.5, 0.6) is 17.2 Å². The molecule has 15 heteroatoms. The zero-order valence-corrected chi connectivity index (χ0v) is 41.8. The van der Waals surface area contributed by atoms with Crippen LogP contribution in [0.15, 0.2) is 168 Å². The number of pyridine rings is 1. The molecule has 2 N–H and O–H groups in total. The normalized spacial score (nSPS) is 21.7. The third-order valence-electron chi connectivity index (χ3n) is 14.4. The van der Waals surface area contributed by atoms with Crippen molar-refractivity contribution >= 4 is 32.3 Å². The number of ether oxygens (including phenoxy) is 3. The number of allylic oxidation sites excluding steroid dienone is 1. The third-order valence-corrected chi connectivity index (χ3v) is 16.3. The second-order valence-corrected chi connectivity index (χ2v) is 20.8. The van der Waals surface area contributed by atoms with Gasteiger partial charge in [0.15, 0.2) is 0 Å². The molecule has 0 spiro atoms. The van der Waals surface area contributed by atoms with Crippen LogP contribution in [0.2, 0.25) is 0 Å². The van der Waals surface area contributed by atoms with Gasteiger partial charge in [0.1, 0.15) is 28.8 Å². The van der Waals surface area contributed by atoms with Crippen molar-refractivity contribution in [2.24, 2.45) is 22.9 Å². The van der Waals surface area contributed by atoms with Crippen molar-refractivity contribution in [2.45, 2.75) is 87.5 Å². The van der Waals surface area contributed by atoms with Gasteiger partial charge in [-0.05, 0) is 121 Å². The van der Waals surface area contributed by atoms with E-state index in [-0.39, 0.29) is 67.7 Å². The molecule has 0 bridgehead atoms. The maximum atomic E-state index is 15.7. The van der Waals surface area contributed by atoms with Gasteiger partial charge in [-0.15, -0.1) is 6.58 Å². The Bertz CT molecular complexity index is 3050. The van der Waals surface area contributed by atoms with Gasteiger partial charge in [-0.3, -0.25) is 15.1 Å². The summed E-state index contributed by atoms with van der Waals surface area (Å²) in [5, 5.41) is 37.2. The van der Waals surface area contributed by atoms with Gasteiger partial charge in [0.2, 0.25) is 15.8 Å². The number of nitro groups is 1. The molecule has 1 saturated carbocycles. The minimum atomic E-state index is -4.38. The Kier molecular flexibility index (Phi) is 16.1. The molecule has 9 rings (SSSR count). The molecule has 5 aromatic carbocycles. The largest absolute Gasteiger partial charge is 0.460 e. The number of rotatable bonds is 23. The van der Waals surface area contributed by atoms with Gasteiger partial charge < -0.3 is 29.3 Å². The number of nitro benzene ring substituents is 1. The van der Waals surface area contributed by atoms with E-state index in [0.29, 0.717) is 65.1 Å². The molecule has 380 valence electrons. The molecular weight excluding hydrogens is 945 g/mol. The first kappa shape index (κ1) is 51.2. The monoisotopic (exact) mass is 1010 g/mol. The zero-order chi connectivity index (χ0) is 51.0. The number of nitrogens with zero attached hydrogens (tertiary/aromatic N) is 4. The molecular formula is C58H62N4O10S. The summed E-state index contributed by atoms with van der Waals surface area (Å²) in [7, 11) is -4.38. The van der Waals surface area contributed by atoms with Crippen molar-refractivity contribution < 1.29 is 42.6 Å². The summed E-state index contributed by atoms with van der Waals surface area (Å²) >= 11 is 0. The lowest BCUT2D eigenvalue weighted by Gasteiger charge is -2.59. The predicted molar refractivity (Wildman–Crippen MR) is 281 cm³/mol. The molecule has 3 aliphatic rings. The van der Waals surface area contributed by atoms with E-state index < -0.39 is 32.7 Å². The van der Waals surface area contributed by atoms with E-state index in [1.807, 2.05) is 79.7 Å². The predicted octanol–water partition coefficient (Wildman–Crippen LogP) is 11.5. The first-order valence-electron chi connectivity index (χ1n) is 25.2. The minimum absolute atomic E-state index is 0.0135. The maximum absolute atomic E-state index is 15.7. The third kappa shape index (κ3) is 10.7. The number of aromatic nitrogens is 1. The van der Waals surface area contributed by atoms with Crippen LogP contribution >= 0.6 is 0 Å². The summed E-state index contributed by atoms with van der Waals surface area (Å²) in [4.78, 5) is 21.9. The Balaban J connectivity index is 1.23. The minimum Gasteiger partial charge on any atom is -0.460 e. The van der Waals surface area contributed by atoms with E-state index in [1.54, 1.807) is 42.6 Å². The van der Waals surface area contributed by atoms with E-state index >= 15 is 8.42 Å². The molecule has 73 heavy (non-hydrogen) atoms. The van der Waals surface area contributed by atoms with Crippen molar-refractivity contribution in [1.82, 2.24) is 9.29 Å². The number of unbranched alkanes of at least 4 members (excludes halogenated alkanes) is 2. The lowest BCUT2D eigenvalue weighted by molar-refractivity contribution is -0.384. The lowest BCUT2D eigenvalue weighted by atomic mass is 9.55. The van der Waals surface area contributed by atoms with E-state index in [0.717, 1.165) is 41.5 Å². The second kappa shape index (κ2) is 23.0. The highest BCUT2D eigenvalue weighted by Gasteiger charge is 2.66. The topological polar surface area (TPSA) is 183 Å². The Morgan fingerprint density at radius 1 is 0.890 bits per heavy atom. The van der Waals surface area contributed by atoms with Gasteiger partial charge >= 0.3 is 0 Å². The Morgan fingerprint density at radius 3 is 2.34 bits per heavy atom. The van der Waals surface area contributed by atoms with Gasteiger partial charge in [-0.25, -0.2) is 8.42 Å². The Labute approximate surface area is 426 Å². The number of aliphatic hydroxyl groups excluding tert-OH is 2. The van der Waals surface area contributed by atoms with Crippen molar-refractivity contribution in [3.8, 4) is 28.4 Å². The fourth-order valence-corrected chi connectivity index (χ4v) is 13.0. The van der Waals surface area contributed by atoms with Crippen LogP contribution in [0.1, 0.15) is 75.3 Å². The summed E-state index contributed by atoms with van der Waals surface area (Å²) in [6.45, 7) is 6.16. The maximum Gasteiger partial charge on any atom is 0.269 e. The summed E-state index contributed by atoms with van der Waals surface area (Å²) in [5.74, 6) is -1.07. The van der Waals surface area contributed by atoms with Crippen LogP contribution in [0.3, 0.4) is 0 Å². The molecule has 6 unspecified atom stereocenters. The Hall–Kier alpha value is -6.75. The van der Waals surface area contributed by atoms with Gasteiger partial charge in [0.05, 0.1) is 34.7 Å². The number of hydrogen-bond donors (Lipinski definition) is 2. The Morgan fingerprint density at radius 2 is 1.62 bits per heavy atom. The number of para-hydroxylation sites is 1. The quantitative estimate of drug-likeness (QED) is 0.0269. The summed E-state index contributed by atoms with van der Waals surface area (Å²) in [5.41, 5.74) is 5.28. The number of fused-ring (bicyclic) bond motifs is 3. The van der Waals surface area contributed by atoms with Crippen molar-refractivity contribution in [1.29, 1.82) is 0 Å². The van der Waals surface area contributed by atoms with Crippen molar-refractivity contribution in [2.75, 3.05) is 26.4 Å². The molecule has 1 aliphatic heterocycles. The number of aliphatic hydroxyl groups is 2. The molecule has 2 heterocycles. The number of benzene rings is 5. The average molecular weight is 1010 g/mol. The summed E-state index contributed by atoms with van der Waals surface area (Å²) in [6.07, 6.45) is 10.1. The highest BCUT2D eigenvalue weighted by Crippen LogP contribution is 2.62. The fraction of sp³-hybridized carbons (Fsp3) is 0.345. The lowest BCUT2D eigenvalue weighted by Crippen LogP contribution is -2.70. The van der Waals surface area contributed by atoms with E-state index in [4.69, 9.17) is 24.2 Å². The van der Waals surface area contributed by atoms with Crippen LogP contribution in [-0.4, -0.2) is 76.7 Å². The van der Waals surface area contributed by atoms with E-state index in [9.17, 15) is 20.3 Å². The summed E-state index contributed by atoms with van der Waals surface area (Å²) in [6, 6.07) is 37.7. The molecule has 6 aromatic rings. The molecule has 6 atom stereocenters. The van der Waals surface area contributed by atoms with Crippen LogP contribution in [0, 0.1) is 27.9 Å². The highest BCUT2D eigenvalue weighted by molar-refractivity contribution is 7.89. The molecule has 0 amide bonds. The van der Waals surface area contributed by atoms with Gasteiger partial charge in [-0.1, -0.05) is 97.7 Å². The second-order valence-electron chi connectivity index (χ2n) is 18.9. The number of oxime groups is 1. The highest BCUT2D eigenvalue weighted by atomic mass is 32.2. The first-order chi connectivity index (χ1) is 35.6. The smallest absolute Gasteiger partial charge is 0.269 e. The van der Waals surface area contributed by atoms with E-state index in [2.05, 4.69) is 29.8 Å². The summed E-state index contributed by atoms with van der Waals surface area (Å²) < 4.78 is 54.2. The van der Waals surface area contributed by atoms with Crippen molar-refractivity contribution in [3.63, 3.8) is 0 Å². The number of hydrogen-bond acceptors (Lipinski definition) is 12. The van der Waals surface area contributed by atoms with Gasteiger partial charge in [0.25, 0.3) is 5.69 Å². The number of sulfonamides is 1. The molecule has 1 aromatic heterocycles. The van der Waals surface area contributed by atoms with Gasteiger partial charge in [-0.2, -0.15) is 4.31 Å². The van der Waals surface area contributed by atoms with Crippen LogP contribution < -0.4 is 9.47 Å². The number of non-ortho nitro benzene ring substituents is 1. The molecule has 1 fully saturated rings. The SMILES string of the molecule is C=CCOC12Oc3ccc(Oc4ccc(-c5ccccc5)cc4)cc3C3C(CCCCO)C(CCCCO)C=C(C(=NOCc4ccc([N+](=O)[O-])cc4)CC1N(CCC)S(=O)(=O)c1cccc4cccnc14)C32. The fourth-order valence-electron chi connectivity index (χ4n) is 11.1. The van der Waals surface area contributed by atoms with Crippen molar-refractivity contribution in [3.05, 3.63) is 179 Å².